The van der Waals surface area contributed by atoms with Crippen molar-refractivity contribution in [3.8, 4) is 0 Å². The molecule has 1 heterocycles. The van der Waals surface area contributed by atoms with Crippen molar-refractivity contribution in [2.75, 3.05) is 33.4 Å². The summed E-state index contributed by atoms with van der Waals surface area (Å²) in [5.74, 6) is -0.124. The number of amides is 1. The molecule has 1 fully saturated rings. The first kappa shape index (κ1) is 14.0. The smallest absolute Gasteiger partial charge is 0.253 e. The molecule has 5 nitrogen and oxygen atoms in total. The van der Waals surface area contributed by atoms with Gasteiger partial charge >= 0.3 is 0 Å². The predicted octanol–water partition coefficient (Wildman–Crippen LogP) is 0.479. The highest BCUT2D eigenvalue weighted by Gasteiger charge is 2.21. The van der Waals surface area contributed by atoms with Gasteiger partial charge in [0.2, 0.25) is 0 Å². The summed E-state index contributed by atoms with van der Waals surface area (Å²) in [5.41, 5.74) is 0.857. The van der Waals surface area contributed by atoms with E-state index in [9.17, 15) is 4.79 Å². The van der Waals surface area contributed by atoms with Gasteiger partial charge in [-0.2, -0.15) is 0 Å². The molecule has 2 rings (SSSR count). The van der Waals surface area contributed by atoms with Gasteiger partial charge < -0.3 is 20.1 Å². The van der Waals surface area contributed by atoms with Gasteiger partial charge in [-0.05, 0) is 5.56 Å². The first-order valence-corrected chi connectivity index (χ1v) is 6.48. The largest absolute Gasteiger partial charge is 0.378 e. The number of ether oxygens (including phenoxy) is 2. The number of carbonyl (C=O) groups is 1. The lowest BCUT2D eigenvalue weighted by Crippen LogP contribution is -2.49. The molecule has 0 aliphatic carbocycles. The van der Waals surface area contributed by atoms with Gasteiger partial charge in [-0.25, -0.2) is 0 Å². The monoisotopic (exact) mass is 264 g/mol. The average Bonchev–Trinajstić information content (AvgIpc) is 2.48. The van der Waals surface area contributed by atoms with Crippen molar-refractivity contribution in [1.82, 2.24) is 10.6 Å². The molecule has 5 heteroatoms. The van der Waals surface area contributed by atoms with E-state index in [1.54, 1.807) is 7.11 Å². The fourth-order valence-corrected chi connectivity index (χ4v) is 2.09. The van der Waals surface area contributed by atoms with E-state index < -0.39 is 6.10 Å². The number of hydrogen-bond donors (Lipinski definition) is 2. The second kappa shape index (κ2) is 7.23. The molecular formula is C14H20N2O3. The van der Waals surface area contributed by atoms with E-state index >= 15 is 0 Å². The fraction of sp³-hybridized carbons (Fsp3) is 0.500. The summed E-state index contributed by atoms with van der Waals surface area (Å²) < 4.78 is 10.6. The zero-order valence-corrected chi connectivity index (χ0v) is 11.1. The number of carbonyl (C=O) groups excluding carboxylic acids is 1. The summed E-state index contributed by atoms with van der Waals surface area (Å²) in [6, 6.07) is 9.64. The Kier molecular flexibility index (Phi) is 5.32. The maximum Gasteiger partial charge on any atom is 0.253 e. The summed E-state index contributed by atoms with van der Waals surface area (Å²) in [5, 5.41) is 6.19. The van der Waals surface area contributed by atoms with Crippen LogP contribution in [0.25, 0.3) is 0 Å². The minimum atomic E-state index is -0.564. The van der Waals surface area contributed by atoms with Crippen molar-refractivity contribution in [2.45, 2.75) is 12.1 Å². The van der Waals surface area contributed by atoms with Crippen LogP contribution < -0.4 is 10.6 Å². The number of nitrogens with one attached hydrogen (secondary N) is 2. The van der Waals surface area contributed by atoms with Gasteiger partial charge in [0.1, 0.15) is 0 Å². The zero-order chi connectivity index (χ0) is 13.5. The highest BCUT2D eigenvalue weighted by atomic mass is 16.5. The van der Waals surface area contributed by atoms with Gasteiger partial charge in [0.25, 0.3) is 5.91 Å². The quantitative estimate of drug-likeness (QED) is 0.812. The molecule has 1 aromatic rings. The Morgan fingerprint density at radius 2 is 2.32 bits per heavy atom. The van der Waals surface area contributed by atoms with Crippen LogP contribution >= 0.6 is 0 Å². The van der Waals surface area contributed by atoms with E-state index in [1.807, 2.05) is 30.3 Å². The first-order valence-electron chi connectivity index (χ1n) is 6.48. The van der Waals surface area contributed by atoms with Gasteiger partial charge in [-0.3, -0.25) is 4.79 Å². The number of morpholine rings is 1. The minimum Gasteiger partial charge on any atom is -0.378 e. The van der Waals surface area contributed by atoms with Gasteiger partial charge in [-0.1, -0.05) is 30.3 Å². The van der Waals surface area contributed by atoms with E-state index in [-0.39, 0.29) is 11.9 Å². The fourth-order valence-electron chi connectivity index (χ4n) is 2.09. The minimum absolute atomic E-state index is 0.124. The third-order valence-corrected chi connectivity index (χ3v) is 3.10. The highest BCUT2D eigenvalue weighted by Crippen LogP contribution is 2.15. The molecule has 1 aliphatic heterocycles. The summed E-state index contributed by atoms with van der Waals surface area (Å²) in [7, 11) is 1.54. The zero-order valence-electron chi connectivity index (χ0n) is 11.1. The topological polar surface area (TPSA) is 59.6 Å². The number of methoxy groups -OCH3 is 1. The van der Waals surface area contributed by atoms with E-state index in [0.29, 0.717) is 13.2 Å². The van der Waals surface area contributed by atoms with E-state index in [4.69, 9.17) is 9.47 Å². The highest BCUT2D eigenvalue weighted by molar-refractivity contribution is 5.82. The molecule has 1 saturated heterocycles. The van der Waals surface area contributed by atoms with Crippen molar-refractivity contribution in [2.24, 2.45) is 0 Å². The lowest BCUT2D eigenvalue weighted by Gasteiger charge is -2.25. The standard InChI is InChI=1S/C14H20N2O3/c1-18-13(11-5-3-2-4-6-11)14(17)16-9-12-10-19-8-7-15-12/h2-6,12-13,15H,7-10H2,1H3,(H,16,17). The van der Waals surface area contributed by atoms with Crippen LogP contribution in [0, 0.1) is 0 Å². The molecule has 0 radical (unpaired) electrons. The Labute approximate surface area is 113 Å². The van der Waals surface area contributed by atoms with Crippen LogP contribution in [0.5, 0.6) is 0 Å². The van der Waals surface area contributed by atoms with Gasteiger partial charge in [0, 0.05) is 26.2 Å². The Bertz CT molecular complexity index is 391. The van der Waals surface area contributed by atoms with E-state index in [0.717, 1.165) is 18.7 Å². The molecular weight excluding hydrogens is 244 g/mol. The molecule has 2 atom stereocenters. The van der Waals surface area contributed by atoms with Crippen molar-refractivity contribution in [3.63, 3.8) is 0 Å². The average molecular weight is 264 g/mol. The Balaban J connectivity index is 1.86. The Morgan fingerprint density at radius 1 is 1.53 bits per heavy atom. The van der Waals surface area contributed by atoms with E-state index in [2.05, 4.69) is 10.6 Å². The van der Waals surface area contributed by atoms with Crippen molar-refractivity contribution < 1.29 is 14.3 Å². The SMILES string of the molecule is COC(C(=O)NCC1COCCN1)c1ccccc1. The molecule has 104 valence electrons. The van der Waals surface area contributed by atoms with Crippen LogP contribution in [0.3, 0.4) is 0 Å². The van der Waals surface area contributed by atoms with Crippen LogP contribution in [0.15, 0.2) is 30.3 Å². The maximum atomic E-state index is 12.1. The third kappa shape index (κ3) is 4.02. The number of benzene rings is 1. The molecule has 1 amide bonds. The van der Waals surface area contributed by atoms with Crippen LogP contribution in [0.1, 0.15) is 11.7 Å². The Morgan fingerprint density at radius 3 is 2.95 bits per heavy atom. The van der Waals surface area contributed by atoms with Crippen LogP contribution in [-0.2, 0) is 14.3 Å². The first-order chi connectivity index (χ1) is 9.31. The molecule has 19 heavy (non-hydrogen) atoms. The second-order valence-electron chi connectivity index (χ2n) is 4.50. The van der Waals surface area contributed by atoms with E-state index in [1.165, 1.54) is 0 Å². The lowest BCUT2D eigenvalue weighted by molar-refractivity contribution is -0.131. The molecule has 0 bridgehead atoms. The van der Waals surface area contributed by atoms with Crippen molar-refractivity contribution in [3.05, 3.63) is 35.9 Å². The van der Waals surface area contributed by atoms with Gasteiger partial charge in [0.05, 0.1) is 13.2 Å². The molecule has 1 aliphatic rings. The van der Waals surface area contributed by atoms with Crippen LogP contribution in [-0.4, -0.2) is 45.4 Å². The van der Waals surface area contributed by atoms with Gasteiger partial charge in [0.15, 0.2) is 6.10 Å². The normalized spacial score (nSPS) is 20.8. The van der Waals surface area contributed by atoms with Crippen LogP contribution in [0.2, 0.25) is 0 Å². The lowest BCUT2D eigenvalue weighted by atomic mass is 10.1. The number of hydrogen-bond acceptors (Lipinski definition) is 4. The van der Waals surface area contributed by atoms with Gasteiger partial charge in [-0.15, -0.1) is 0 Å². The van der Waals surface area contributed by atoms with Crippen molar-refractivity contribution in [1.29, 1.82) is 0 Å². The molecule has 0 saturated carbocycles. The number of rotatable bonds is 5. The molecule has 1 aromatic carbocycles. The predicted molar refractivity (Wildman–Crippen MR) is 71.8 cm³/mol. The Hall–Kier alpha value is -1.43. The van der Waals surface area contributed by atoms with Crippen molar-refractivity contribution >= 4 is 5.91 Å². The molecule has 0 aromatic heterocycles. The third-order valence-electron chi connectivity index (χ3n) is 3.10. The molecule has 2 unspecified atom stereocenters. The van der Waals surface area contributed by atoms with Crippen LogP contribution in [0.4, 0.5) is 0 Å². The summed E-state index contributed by atoms with van der Waals surface area (Å²) >= 11 is 0. The summed E-state index contributed by atoms with van der Waals surface area (Å²) in [4.78, 5) is 12.1. The second-order valence-corrected chi connectivity index (χ2v) is 4.50. The maximum absolute atomic E-state index is 12.1. The summed E-state index contributed by atoms with van der Waals surface area (Å²) in [6.07, 6.45) is -0.564. The summed E-state index contributed by atoms with van der Waals surface area (Å²) in [6.45, 7) is 2.73. The molecule has 2 N–H and O–H groups in total. The molecule has 0 spiro atoms.